The molecule has 0 aliphatic carbocycles. The number of halogens is 1. The van der Waals surface area contributed by atoms with Crippen molar-refractivity contribution in [2.45, 2.75) is 13.3 Å². The summed E-state index contributed by atoms with van der Waals surface area (Å²) in [6.07, 6.45) is 0.888. The van der Waals surface area contributed by atoms with Crippen molar-refractivity contribution in [1.82, 2.24) is 10.2 Å². The van der Waals surface area contributed by atoms with Gasteiger partial charge in [0.25, 0.3) is 5.91 Å². The third-order valence-electron chi connectivity index (χ3n) is 3.91. The Balaban J connectivity index is 1.56. The Hall–Kier alpha value is -2.92. The van der Waals surface area contributed by atoms with Crippen LogP contribution in [-0.4, -0.2) is 22.6 Å². The van der Waals surface area contributed by atoms with Crippen LogP contribution in [0.5, 0.6) is 0 Å². The zero-order chi connectivity index (χ0) is 18.4. The molecule has 0 bridgehead atoms. The predicted octanol–water partition coefficient (Wildman–Crippen LogP) is 4.35. The Morgan fingerprint density at radius 1 is 1.04 bits per heavy atom. The number of aromatic nitrogens is 2. The normalized spacial score (nSPS) is 10.4. The highest BCUT2D eigenvalue weighted by molar-refractivity contribution is 6.31. The molecule has 26 heavy (non-hydrogen) atoms. The smallest absolute Gasteiger partial charge is 0.276 e. The maximum atomic E-state index is 12.3. The van der Waals surface area contributed by atoms with Crippen LogP contribution in [0, 0.1) is 6.92 Å². The van der Waals surface area contributed by atoms with Crippen molar-refractivity contribution >= 4 is 29.0 Å². The van der Waals surface area contributed by atoms with Crippen molar-refractivity contribution in [3.63, 3.8) is 0 Å². The fraction of sp³-hybridized carbons (Fsp3) is 0.150. The summed E-state index contributed by atoms with van der Waals surface area (Å²) in [4.78, 5) is 12.3. The topological polar surface area (TPSA) is 66.9 Å². The molecule has 1 amide bonds. The Kier molecular flexibility index (Phi) is 5.81. The number of nitrogens with zero attached hydrogens (tertiary/aromatic N) is 2. The lowest BCUT2D eigenvalue weighted by molar-refractivity contribution is 0.102. The van der Waals surface area contributed by atoms with Gasteiger partial charge in [0.05, 0.1) is 0 Å². The average molecular weight is 367 g/mol. The third-order valence-corrected chi connectivity index (χ3v) is 4.14. The van der Waals surface area contributed by atoms with Gasteiger partial charge in [-0.05, 0) is 48.7 Å². The number of aryl methyl sites for hydroxylation is 1. The Bertz CT molecular complexity index is 882. The van der Waals surface area contributed by atoms with E-state index >= 15 is 0 Å². The number of amides is 1. The SMILES string of the molecule is Cc1ccc(Cl)cc1NC(=O)c1ccc(NCCc2ccccc2)nn1. The first-order valence-electron chi connectivity index (χ1n) is 8.31. The summed E-state index contributed by atoms with van der Waals surface area (Å²) in [5.74, 6) is 0.315. The minimum absolute atomic E-state index is 0.248. The zero-order valence-electron chi connectivity index (χ0n) is 14.4. The molecule has 0 fully saturated rings. The van der Waals surface area contributed by atoms with Gasteiger partial charge in [-0.2, -0.15) is 0 Å². The van der Waals surface area contributed by atoms with Crippen LogP contribution < -0.4 is 10.6 Å². The molecular weight excluding hydrogens is 348 g/mol. The van der Waals surface area contributed by atoms with E-state index in [4.69, 9.17) is 11.6 Å². The van der Waals surface area contributed by atoms with Crippen molar-refractivity contribution in [2.75, 3.05) is 17.2 Å². The molecule has 0 aliphatic rings. The number of hydrogen-bond acceptors (Lipinski definition) is 4. The summed E-state index contributed by atoms with van der Waals surface area (Å²) in [5, 5.41) is 14.6. The van der Waals surface area contributed by atoms with E-state index in [-0.39, 0.29) is 11.6 Å². The van der Waals surface area contributed by atoms with Crippen molar-refractivity contribution < 1.29 is 4.79 Å². The highest BCUT2D eigenvalue weighted by Crippen LogP contribution is 2.20. The Labute approximate surface area is 157 Å². The quantitative estimate of drug-likeness (QED) is 0.680. The van der Waals surface area contributed by atoms with Crippen LogP contribution in [-0.2, 0) is 6.42 Å². The van der Waals surface area contributed by atoms with Crippen LogP contribution >= 0.6 is 11.6 Å². The molecule has 6 heteroatoms. The number of nitrogens with one attached hydrogen (secondary N) is 2. The second-order valence-corrected chi connectivity index (χ2v) is 6.32. The first kappa shape index (κ1) is 17.9. The van der Waals surface area contributed by atoms with Crippen molar-refractivity contribution in [3.05, 3.63) is 82.5 Å². The van der Waals surface area contributed by atoms with E-state index in [1.54, 1.807) is 24.3 Å². The number of rotatable bonds is 6. The van der Waals surface area contributed by atoms with E-state index in [1.165, 1.54) is 5.56 Å². The van der Waals surface area contributed by atoms with Gasteiger partial charge in [0.15, 0.2) is 5.69 Å². The van der Waals surface area contributed by atoms with Gasteiger partial charge in [-0.25, -0.2) is 0 Å². The van der Waals surface area contributed by atoms with E-state index in [1.807, 2.05) is 31.2 Å². The molecular formula is C20H19ClN4O. The first-order valence-corrected chi connectivity index (χ1v) is 8.68. The third kappa shape index (κ3) is 4.80. The molecule has 2 aromatic carbocycles. The fourth-order valence-corrected chi connectivity index (χ4v) is 2.61. The predicted molar refractivity (Wildman–Crippen MR) is 105 cm³/mol. The van der Waals surface area contributed by atoms with E-state index in [0.29, 0.717) is 16.5 Å². The number of benzene rings is 2. The lowest BCUT2D eigenvalue weighted by atomic mass is 10.1. The van der Waals surface area contributed by atoms with Crippen molar-refractivity contribution in [2.24, 2.45) is 0 Å². The number of anilines is 2. The van der Waals surface area contributed by atoms with Gasteiger partial charge in [0, 0.05) is 17.3 Å². The van der Waals surface area contributed by atoms with E-state index in [0.717, 1.165) is 18.5 Å². The van der Waals surface area contributed by atoms with Crippen molar-refractivity contribution in [1.29, 1.82) is 0 Å². The molecule has 0 unspecified atom stereocenters. The summed E-state index contributed by atoms with van der Waals surface area (Å²) in [6.45, 7) is 2.64. The molecule has 1 aromatic heterocycles. The van der Waals surface area contributed by atoms with Crippen LogP contribution in [0.2, 0.25) is 5.02 Å². The summed E-state index contributed by atoms with van der Waals surface area (Å²) in [6, 6.07) is 18.9. The molecule has 0 radical (unpaired) electrons. The van der Waals surface area contributed by atoms with E-state index in [2.05, 4.69) is 33.0 Å². The fourth-order valence-electron chi connectivity index (χ4n) is 2.44. The standard InChI is InChI=1S/C20H19ClN4O/c1-14-7-8-16(21)13-18(14)23-20(26)17-9-10-19(25-24-17)22-12-11-15-5-3-2-4-6-15/h2-10,13H,11-12H2,1H3,(H,22,25)(H,23,26). The van der Waals surface area contributed by atoms with Gasteiger partial charge in [0.2, 0.25) is 0 Å². The van der Waals surface area contributed by atoms with E-state index in [9.17, 15) is 4.79 Å². The maximum absolute atomic E-state index is 12.3. The molecule has 0 aliphatic heterocycles. The van der Waals surface area contributed by atoms with Gasteiger partial charge in [-0.1, -0.05) is 48.0 Å². The first-order chi connectivity index (χ1) is 12.6. The summed E-state index contributed by atoms with van der Waals surface area (Å²) in [5.41, 5.74) is 3.09. The highest BCUT2D eigenvalue weighted by atomic mass is 35.5. The monoisotopic (exact) mass is 366 g/mol. The second kappa shape index (κ2) is 8.45. The molecule has 0 saturated heterocycles. The average Bonchev–Trinajstić information content (AvgIpc) is 2.66. The van der Waals surface area contributed by atoms with Crippen LogP contribution in [0.1, 0.15) is 21.6 Å². The van der Waals surface area contributed by atoms with Gasteiger partial charge >= 0.3 is 0 Å². The van der Waals surface area contributed by atoms with Gasteiger partial charge in [-0.15, -0.1) is 10.2 Å². The largest absolute Gasteiger partial charge is 0.368 e. The molecule has 2 N–H and O–H groups in total. The van der Waals surface area contributed by atoms with Gasteiger partial charge < -0.3 is 10.6 Å². The minimum Gasteiger partial charge on any atom is -0.368 e. The maximum Gasteiger partial charge on any atom is 0.276 e. The summed E-state index contributed by atoms with van der Waals surface area (Å²) in [7, 11) is 0. The molecule has 3 aromatic rings. The number of carbonyl (C=O) groups excluding carboxylic acids is 1. The lowest BCUT2D eigenvalue weighted by Gasteiger charge is -2.09. The molecule has 0 saturated carbocycles. The Morgan fingerprint density at radius 2 is 1.85 bits per heavy atom. The van der Waals surface area contributed by atoms with Crippen LogP contribution in [0.3, 0.4) is 0 Å². The van der Waals surface area contributed by atoms with Crippen LogP contribution in [0.4, 0.5) is 11.5 Å². The highest BCUT2D eigenvalue weighted by Gasteiger charge is 2.10. The molecule has 0 spiro atoms. The molecule has 132 valence electrons. The summed E-state index contributed by atoms with van der Waals surface area (Å²) < 4.78 is 0. The van der Waals surface area contributed by atoms with Crippen molar-refractivity contribution in [3.8, 4) is 0 Å². The second-order valence-electron chi connectivity index (χ2n) is 5.88. The molecule has 3 rings (SSSR count). The minimum atomic E-state index is -0.321. The lowest BCUT2D eigenvalue weighted by Crippen LogP contribution is -2.16. The van der Waals surface area contributed by atoms with E-state index < -0.39 is 0 Å². The molecule has 0 atom stereocenters. The van der Waals surface area contributed by atoms with Gasteiger partial charge in [-0.3, -0.25) is 4.79 Å². The van der Waals surface area contributed by atoms with Crippen LogP contribution in [0.25, 0.3) is 0 Å². The number of carbonyl (C=O) groups is 1. The number of hydrogen-bond donors (Lipinski definition) is 2. The van der Waals surface area contributed by atoms with Gasteiger partial charge in [0.1, 0.15) is 5.82 Å². The molecule has 5 nitrogen and oxygen atoms in total. The van der Waals surface area contributed by atoms with Crippen LogP contribution in [0.15, 0.2) is 60.7 Å². The zero-order valence-corrected chi connectivity index (χ0v) is 15.1. The summed E-state index contributed by atoms with van der Waals surface area (Å²) >= 11 is 5.97. The molecule has 1 heterocycles. The Morgan fingerprint density at radius 3 is 2.58 bits per heavy atom.